The fourth-order valence-electron chi connectivity index (χ4n) is 2.64. The van der Waals surface area contributed by atoms with Crippen LogP contribution in [0.1, 0.15) is 17.7 Å². The van der Waals surface area contributed by atoms with Crippen molar-refractivity contribution in [2.24, 2.45) is 10.9 Å². The molecule has 1 atom stereocenters. The van der Waals surface area contributed by atoms with E-state index in [2.05, 4.69) is 10.1 Å². The van der Waals surface area contributed by atoms with E-state index in [0.29, 0.717) is 24.3 Å². The van der Waals surface area contributed by atoms with Crippen molar-refractivity contribution >= 4 is 21.5 Å². The van der Waals surface area contributed by atoms with Crippen molar-refractivity contribution < 1.29 is 22.8 Å². The zero-order valence-corrected chi connectivity index (χ0v) is 15.3. The molecule has 27 heavy (non-hydrogen) atoms. The molecule has 0 saturated carbocycles. The van der Waals surface area contributed by atoms with Crippen LogP contribution in [0.2, 0.25) is 0 Å². The molecule has 1 amide bonds. The molecule has 1 saturated heterocycles. The van der Waals surface area contributed by atoms with Crippen molar-refractivity contribution in [1.29, 1.82) is 0 Å². The summed E-state index contributed by atoms with van der Waals surface area (Å²) < 4.78 is 30.2. The van der Waals surface area contributed by atoms with Gasteiger partial charge in [0.05, 0.1) is 22.4 Å². The maximum Gasteiger partial charge on any atom is 0.271 e. The SMILES string of the molecule is NC(=O)/C(=N/OCc1ccccn1)c1ccc(S(=O)(=O)[C@H]2CCOC2)cc1. The summed E-state index contributed by atoms with van der Waals surface area (Å²) >= 11 is 0. The number of carbonyl (C=O) groups is 1. The normalized spacial score (nSPS) is 17.6. The largest absolute Gasteiger partial charge is 0.389 e. The van der Waals surface area contributed by atoms with E-state index in [1.807, 2.05) is 0 Å². The minimum absolute atomic E-state index is 0.0752. The summed E-state index contributed by atoms with van der Waals surface area (Å²) in [5, 5.41) is 3.24. The van der Waals surface area contributed by atoms with Gasteiger partial charge in [-0.05, 0) is 30.7 Å². The highest BCUT2D eigenvalue weighted by Gasteiger charge is 2.31. The molecule has 2 heterocycles. The summed E-state index contributed by atoms with van der Waals surface area (Å²) in [6.45, 7) is 0.708. The molecule has 8 nitrogen and oxygen atoms in total. The lowest BCUT2D eigenvalue weighted by atomic mass is 10.1. The van der Waals surface area contributed by atoms with Crippen LogP contribution < -0.4 is 5.73 Å². The second-order valence-electron chi connectivity index (χ2n) is 5.95. The van der Waals surface area contributed by atoms with Gasteiger partial charge in [-0.2, -0.15) is 0 Å². The molecule has 142 valence electrons. The summed E-state index contributed by atoms with van der Waals surface area (Å²) in [6.07, 6.45) is 2.09. The molecular weight excluding hydrogens is 370 g/mol. The van der Waals surface area contributed by atoms with Crippen molar-refractivity contribution in [3.63, 3.8) is 0 Å². The summed E-state index contributed by atoms with van der Waals surface area (Å²) in [6, 6.07) is 11.2. The molecule has 2 N–H and O–H groups in total. The van der Waals surface area contributed by atoms with Gasteiger partial charge in [-0.3, -0.25) is 9.78 Å². The Labute approximate surface area is 156 Å². The van der Waals surface area contributed by atoms with Crippen LogP contribution in [-0.2, 0) is 30.8 Å². The lowest BCUT2D eigenvalue weighted by Crippen LogP contribution is -2.25. The fourth-order valence-corrected chi connectivity index (χ4v) is 4.22. The molecule has 0 unspecified atom stereocenters. The molecule has 2 aromatic rings. The Kier molecular flexibility index (Phi) is 5.82. The van der Waals surface area contributed by atoms with Crippen LogP contribution in [0.25, 0.3) is 0 Å². The third kappa shape index (κ3) is 4.50. The number of ether oxygens (including phenoxy) is 1. The number of primary amides is 1. The Morgan fingerprint density at radius 3 is 2.63 bits per heavy atom. The van der Waals surface area contributed by atoms with Crippen LogP contribution >= 0.6 is 0 Å². The lowest BCUT2D eigenvalue weighted by molar-refractivity contribution is -0.112. The van der Waals surface area contributed by atoms with E-state index in [4.69, 9.17) is 15.3 Å². The maximum atomic E-state index is 12.5. The van der Waals surface area contributed by atoms with Gasteiger partial charge in [0.2, 0.25) is 0 Å². The molecule has 1 aromatic carbocycles. The van der Waals surface area contributed by atoms with Crippen molar-refractivity contribution in [3.8, 4) is 0 Å². The predicted octanol–water partition coefficient (Wildman–Crippen LogP) is 1.05. The maximum absolute atomic E-state index is 12.5. The highest BCUT2D eigenvalue weighted by Crippen LogP contribution is 2.22. The first-order valence-electron chi connectivity index (χ1n) is 8.30. The van der Waals surface area contributed by atoms with Gasteiger partial charge >= 0.3 is 0 Å². The number of benzene rings is 1. The number of carbonyl (C=O) groups excluding carboxylic acids is 1. The van der Waals surface area contributed by atoms with Crippen LogP contribution in [-0.4, -0.2) is 43.5 Å². The van der Waals surface area contributed by atoms with E-state index < -0.39 is 21.0 Å². The number of nitrogens with two attached hydrogens (primary N) is 1. The smallest absolute Gasteiger partial charge is 0.271 e. The van der Waals surface area contributed by atoms with Crippen LogP contribution in [0.4, 0.5) is 0 Å². The van der Waals surface area contributed by atoms with Gasteiger partial charge in [-0.25, -0.2) is 8.42 Å². The summed E-state index contributed by atoms with van der Waals surface area (Å²) in [7, 11) is -3.47. The standard InChI is InChI=1S/C18H19N3O5S/c19-18(22)17(21-26-11-14-3-1-2-9-20-14)13-4-6-15(7-5-13)27(23,24)16-8-10-25-12-16/h1-7,9,16H,8,10-12H2,(H2,19,22)/b21-17+/t16-/m0/s1. The van der Waals surface area contributed by atoms with E-state index in [1.54, 1.807) is 24.4 Å². The highest BCUT2D eigenvalue weighted by molar-refractivity contribution is 7.92. The number of hydrogen-bond acceptors (Lipinski definition) is 7. The molecule has 1 aliphatic heterocycles. The number of hydrogen-bond donors (Lipinski definition) is 1. The van der Waals surface area contributed by atoms with Crippen molar-refractivity contribution in [2.45, 2.75) is 23.2 Å². The van der Waals surface area contributed by atoms with E-state index in [-0.39, 0.29) is 23.8 Å². The first kappa shape index (κ1) is 19.0. The Morgan fingerprint density at radius 1 is 1.26 bits per heavy atom. The molecule has 9 heteroatoms. The van der Waals surface area contributed by atoms with E-state index in [1.165, 1.54) is 24.3 Å². The number of oxime groups is 1. The zero-order valence-electron chi connectivity index (χ0n) is 14.4. The van der Waals surface area contributed by atoms with Gasteiger partial charge in [-0.15, -0.1) is 0 Å². The topological polar surface area (TPSA) is 121 Å². The highest BCUT2D eigenvalue weighted by atomic mass is 32.2. The predicted molar refractivity (Wildman–Crippen MR) is 97.6 cm³/mol. The molecule has 0 aliphatic carbocycles. The Balaban J connectivity index is 1.76. The molecule has 1 aromatic heterocycles. The number of rotatable bonds is 7. The molecule has 1 fully saturated rings. The van der Waals surface area contributed by atoms with Gasteiger partial charge in [0.25, 0.3) is 5.91 Å². The molecular formula is C18H19N3O5S. The number of amides is 1. The zero-order chi connectivity index (χ0) is 19.3. The van der Waals surface area contributed by atoms with Gasteiger partial charge in [0.15, 0.2) is 22.2 Å². The van der Waals surface area contributed by atoms with E-state index in [0.717, 1.165) is 0 Å². The van der Waals surface area contributed by atoms with Crippen molar-refractivity contribution in [1.82, 2.24) is 4.98 Å². The van der Waals surface area contributed by atoms with Crippen LogP contribution in [0.5, 0.6) is 0 Å². The molecule has 0 radical (unpaired) electrons. The van der Waals surface area contributed by atoms with Crippen LogP contribution in [0.3, 0.4) is 0 Å². The minimum Gasteiger partial charge on any atom is -0.389 e. The average molecular weight is 389 g/mol. The van der Waals surface area contributed by atoms with Crippen molar-refractivity contribution in [2.75, 3.05) is 13.2 Å². The number of sulfone groups is 1. The number of aromatic nitrogens is 1. The second kappa shape index (κ2) is 8.28. The summed E-state index contributed by atoms with van der Waals surface area (Å²) in [5.41, 5.74) is 6.28. The first-order chi connectivity index (χ1) is 13.0. The lowest BCUT2D eigenvalue weighted by Gasteiger charge is -2.10. The van der Waals surface area contributed by atoms with Crippen LogP contribution in [0.15, 0.2) is 58.7 Å². The Hall–Kier alpha value is -2.78. The minimum atomic E-state index is -3.47. The molecule has 1 aliphatic rings. The summed E-state index contributed by atoms with van der Waals surface area (Å²) in [4.78, 5) is 21.1. The first-order valence-corrected chi connectivity index (χ1v) is 9.85. The fraction of sp³-hybridized carbons (Fsp3) is 0.278. The molecule has 0 spiro atoms. The van der Waals surface area contributed by atoms with Gasteiger partial charge in [-0.1, -0.05) is 23.4 Å². The monoisotopic (exact) mass is 389 g/mol. The third-order valence-corrected chi connectivity index (χ3v) is 6.29. The quantitative estimate of drug-likeness (QED) is 0.558. The van der Waals surface area contributed by atoms with Gasteiger partial charge < -0.3 is 15.3 Å². The third-order valence-electron chi connectivity index (χ3n) is 4.11. The Morgan fingerprint density at radius 2 is 2.04 bits per heavy atom. The summed E-state index contributed by atoms with van der Waals surface area (Å²) in [5.74, 6) is -0.782. The molecule has 0 bridgehead atoms. The van der Waals surface area contributed by atoms with Gasteiger partial charge in [0.1, 0.15) is 0 Å². The second-order valence-corrected chi connectivity index (χ2v) is 8.18. The number of nitrogens with zero attached hydrogens (tertiary/aromatic N) is 2. The van der Waals surface area contributed by atoms with Crippen molar-refractivity contribution in [3.05, 3.63) is 59.9 Å². The Bertz CT molecular complexity index is 921. The van der Waals surface area contributed by atoms with Crippen LogP contribution in [0, 0.1) is 0 Å². The van der Waals surface area contributed by atoms with E-state index in [9.17, 15) is 13.2 Å². The molecule has 3 rings (SSSR count). The van der Waals surface area contributed by atoms with Gasteiger partial charge in [0, 0.05) is 18.4 Å². The number of pyridine rings is 1. The average Bonchev–Trinajstić information content (AvgIpc) is 3.22. The van der Waals surface area contributed by atoms with E-state index >= 15 is 0 Å².